The van der Waals surface area contributed by atoms with Crippen molar-refractivity contribution in [3.8, 4) is 0 Å². The molecule has 0 bridgehead atoms. The predicted molar refractivity (Wildman–Crippen MR) is 110 cm³/mol. The highest BCUT2D eigenvalue weighted by Gasteiger charge is 2.45. The Hall–Kier alpha value is -3.13. The molecule has 0 unspecified atom stereocenters. The van der Waals surface area contributed by atoms with Crippen LogP contribution in [-0.4, -0.2) is 46.2 Å². The van der Waals surface area contributed by atoms with E-state index < -0.39 is 5.60 Å². The van der Waals surface area contributed by atoms with Gasteiger partial charge in [-0.15, -0.1) is 0 Å². The van der Waals surface area contributed by atoms with E-state index in [1.165, 1.54) is 0 Å². The molecule has 8 nitrogen and oxygen atoms in total. The molecule has 0 aliphatic carbocycles. The first-order valence-electron chi connectivity index (χ1n) is 9.31. The summed E-state index contributed by atoms with van der Waals surface area (Å²) in [6.07, 6.45) is 5.04. The number of hydrogen-bond acceptors (Lipinski definition) is 5. The molecule has 150 valence electrons. The zero-order chi connectivity index (χ0) is 20.3. The first-order valence-corrected chi connectivity index (χ1v) is 9.69. The molecule has 3 amide bonds. The normalized spacial score (nSPS) is 20.7. The lowest BCUT2D eigenvalue weighted by Gasteiger charge is -2.38. The average molecular weight is 414 g/mol. The van der Waals surface area contributed by atoms with Crippen LogP contribution in [0.15, 0.2) is 53.9 Å². The summed E-state index contributed by atoms with van der Waals surface area (Å²) in [5.74, 6) is -0.322. The van der Waals surface area contributed by atoms with E-state index in [0.717, 1.165) is 12.8 Å². The van der Waals surface area contributed by atoms with E-state index in [-0.39, 0.29) is 11.9 Å². The fourth-order valence-electron chi connectivity index (χ4n) is 3.51. The second-order valence-corrected chi connectivity index (χ2v) is 7.58. The number of pyridine rings is 1. The van der Waals surface area contributed by atoms with Gasteiger partial charge in [0.1, 0.15) is 5.71 Å². The second kappa shape index (κ2) is 8.08. The molecule has 1 fully saturated rings. The quantitative estimate of drug-likeness (QED) is 0.804. The van der Waals surface area contributed by atoms with Crippen LogP contribution in [-0.2, 0) is 9.63 Å². The van der Waals surface area contributed by atoms with Crippen molar-refractivity contribution in [2.75, 3.05) is 23.7 Å². The number of rotatable bonds is 3. The standard InChI is InChI=1S/C20H20ClN5O3/c21-14-4-6-15(7-5-14)24-19(28)26-10-2-8-20(13-26)11-17(25-29-20)18(27)23-16-3-1-9-22-12-16/h1,3-7,9,12H,2,8,10-11,13H2,(H,23,27)(H,24,28)/t20-/m1/s1. The Labute approximate surface area is 172 Å². The highest BCUT2D eigenvalue weighted by atomic mass is 35.5. The van der Waals surface area contributed by atoms with Crippen LogP contribution in [0.3, 0.4) is 0 Å². The smallest absolute Gasteiger partial charge is 0.321 e. The summed E-state index contributed by atoms with van der Waals surface area (Å²) in [7, 11) is 0. The molecule has 0 saturated carbocycles. The number of nitrogens with one attached hydrogen (secondary N) is 2. The summed E-state index contributed by atoms with van der Waals surface area (Å²) in [6, 6.07) is 10.2. The minimum atomic E-state index is -0.669. The first kappa shape index (κ1) is 19.2. The molecule has 0 radical (unpaired) electrons. The zero-order valence-corrected chi connectivity index (χ0v) is 16.4. The number of nitrogens with zero attached hydrogens (tertiary/aromatic N) is 3. The van der Waals surface area contributed by atoms with Gasteiger partial charge in [0, 0.05) is 29.9 Å². The number of oxime groups is 1. The van der Waals surface area contributed by atoms with Crippen molar-refractivity contribution in [1.82, 2.24) is 9.88 Å². The number of benzene rings is 1. The summed E-state index contributed by atoms with van der Waals surface area (Å²) in [5.41, 5.74) is 0.902. The lowest BCUT2D eigenvalue weighted by molar-refractivity contribution is -0.110. The summed E-state index contributed by atoms with van der Waals surface area (Å²) >= 11 is 5.88. The molecule has 1 aromatic carbocycles. The Kier molecular flexibility index (Phi) is 5.35. The molecule has 1 atom stereocenters. The van der Waals surface area contributed by atoms with Crippen molar-refractivity contribution in [3.63, 3.8) is 0 Å². The molecule has 1 aromatic heterocycles. The number of urea groups is 1. The number of piperidine rings is 1. The Morgan fingerprint density at radius 1 is 1.14 bits per heavy atom. The van der Waals surface area contributed by atoms with Gasteiger partial charge in [-0.3, -0.25) is 9.78 Å². The molecule has 2 N–H and O–H groups in total. The molecular formula is C20H20ClN5O3. The minimum Gasteiger partial charge on any atom is -0.386 e. The summed E-state index contributed by atoms with van der Waals surface area (Å²) in [4.78, 5) is 36.5. The van der Waals surface area contributed by atoms with Gasteiger partial charge in [-0.2, -0.15) is 0 Å². The molecule has 4 rings (SSSR count). The van der Waals surface area contributed by atoms with E-state index in [2.05, 4.69) is 20.8 Å². The van der Waals surface area contributed by atoms with Crippen LogP contribution < -0.4 is 10.6 Å². The first-order chi connectivity index (χ1) is 14.0. The maximum absolute atomic E-state index is 12.7. The van der Waals surface area contributed by atoms with E-state index in [1.54, 1.807) is 53.7 Å². The van der Waals surface area contributed by atoms with Gasteiger partial charge in [0.25, 0.3) is 5.91 Å². The molecule has 2 aliphatic rings. The van der Waals surface area contributed by atoms with Gasteiger partial charge < -0.3 is 20.4 Å². The zero-order valence-electron chi connectivity index (χ0n) is 15.6. The maximum atomic E-state index is 12.7. The molecule has 29 heavy (non-hydrogen) atoms. The van der Waals surface area contributed by atoms with Gasteiger partial charge in [-0.25, -0.2) is 4.79 Å². The van der Waals surface area contributed by atoms with Crippen LogP contribution in [0.2, 0.25) is 5.02 Å². The third-order valence-corrected chi connectivity index (χ3v) is 5.19. The van der Waals surface area contributed by atoms with Gasteiger partial charge in [0.15, 0.2) is 5.60 Å². The highest BCUT2D eigenvalue weighted by molar-refractivity contribution is 6.43. The number of anilines is 2. The van der Waals surface area contributed by atoms with E-state index in [4.69, 9.17) is 16.4 Å². The van der Waals surface area contributed by atoms with Crippen molar-refractivity contribution in [2.45, 2.75) is 24.9 Å². The summed E-state index contributed by atoms with van der Waals surface area (Å²) < 4.78 is 0. The van der Waals surface area contributed by atoms with Crippen molar-refractivity contribution < 1.29 is 14.4 Å². The lowest BCUT2D eigenvalue weighted by atomic mass is 9.88. The second-order valence-electron chi connectivity index (χ2n) is 7.15. The summed E-state index contributed by atoms with van der Waals surface area (Å²) in [6.45, 7) is 0.974. The Balaban J connectivity index is 1.36. The Morgan fingerprint density at radius 3 is 2.72 bits per heavy atom. The monoisotopic (exact) mass is 413 g/mol. The van der Waals surface area contributed by atoms with E-state index in [0.29, 0.717) is 41.6 Å². The van der Waals surface area contributed by atoms with Gasteiger partial charge in [0.2, 0.25) is 0 Å². The van der Waals surface area contributed by atoms with Crippen LogP contribution >= 0.6 is 11.6 Å². The fourth-order valence-corrected chi connectivity index (χ4v) is 3.64. The van der Waals surface area contributed by atoms with Gasteiger partial charge in [-0.05, 0) is 49.2 Å². The Morgan fingerprint density at radius 2 is 1.97 bits per heavy atom. The van der Waals surface area contributed by atoms with Crippen LogP contribution in [0.1, 0.15) is 19.3 Å². The van der Waals surface area contributed by atoms with Gasteiger partial charge >= 0.3 is 6.03 Å². The predicted octanol–water partition coefficient (Wildman–Crippen LogP) is 3.52. The van der Waals surface area contributed by atoms with E-state index in [1.807, 2.05) is 0 Å². The molecule has 2 aromatic rings. The van der Waals surface area contributed by atoms with Crippen molar-refractivity contribution in [1.29, 1.82) is 0 Å². The number of carbonyl (C=O) groups excluding carboxylic acids is 2. The molecule has 2 aliphatic heterocycles. The third kappa shape index (κ3) is 4.48. The van der Waals surface area contributed by atoms with Crippen LogP contribution in [0.5, 0.6) is 0 Å². The molecular weight excluding hydrogens is 394 g/mol. The third-order valence-electron chi connectivity index (χ3n) is 4.94. The largest absolute Gasteiger partial charge is 0.386 e. The van der Waals surface area contributed by atoms with Crippen LogP contribution in [0, 0.1) is 0 Å². The average Bonchev–Trinajstić information content (AvgIpc) is 3.14. The number of amides is 3. The molecule has 3 heterocycles. The van der Waals surface area contributed by atoms with Crippen molar-refractivity contribution in [3.05, 3.63) is 53.8 Å². The number of hydrogen-bond donors (Lipinski definition) is 2. The molecule has 9 heteroatoms. The molecule has 1 spiro atoms. The SMILES string of the molecule is O=C(Nc1cccnc1)C1=NO[C@]2(CCCN(C(=O)Nc3ccc(Cl)cc3)C2)C1. The highest BCUT2D eigenvalue weighted by Crippen LogP contribution is 2.34. The van der Waals surface area contributed by atoms with E-state index >= 15 is 0 Å². The molecule has 1 saturated heterocycles. The Bertz CT molecular complexity index is 935. The van der Waals surface area contributed by atoms with Crippen molar-refractivity contribution in [2.24, 2.45) is 5.16 Å². The van der Waals surface area contributed by atoms with Gasteiger partial charge in [-0.1, -0.05) is 16.8 Å². The minimum absolute atomic E-state index is 0.219. The lowest BCUT2D eigenvalue weighted by Crippen LogP contribution is -2.52. The van der Waals surface area contributed by atoms with Crippen molar-refractivity contribution >= 4 is 40.6 Å². The number of carbonyl (C=O) groups is 2. The number of aromatic nitrogens is 1. The summed E-state index contributed by atoms with van der Waals surface area (Å²) in [5, 5.41) is 10.2. The van der Waals surface area contributed by atoms with Crippen LogP contribution in [0.4, 0.5) is 16.2 Å². The van der Waals surface area contributed by atoms with E-state index in [9.17, 15) is 9.59 Å². The number of halogens is 1. The maximum Gasteiger partial charge on any atom is 0.321 e. The van der Waals surface area contributed by atoms with Crippen LogP contribution in [0.25, 0.3) is 0 Å². The fraction of sp³-hybridized carbons (Fsp3) is 0.300. The van der Waals surface area contributed by atoms with Gasteiger partial charge in [0.05, 0.1) is 18.4 Å². The number of likely N-dealkylation sites (tertiary alicyclic amines) is 1. The topological polar surface area (TPSA) is 95.9 Å².